The lowest BCUT2D eigenvalue weighted by Crippen LogP contribution is -2.35. The topological polar surface area (TPSA) is 64.3 Å². The largest absolute Gasteiger partial charge is 0.380 e. The third-order valence-electron chi connectivity index (χ3n) is 2.60. The second-order valence-corrected chi connectivity index (χ2v) is 4.27. The van der Waals surface area contributed by atoms with Gasteiger partial charge in [-0.2, -0.15) is 0 Å². The Morgan fingerprint density at radius 2 is 2.06 bits per heavy atom. The molecule has 100 valence electrons. The Balaban J connectivity index is 2.50. The van der Waals surface area contributed by atoms with E-state index in [0.29, 0.717) is 25.3 Å². The molecule has 1 aromatic carbocycles. The zero-order chi connectivity index (χ0) is 13.4. The fourth-order valence-corrected chi connectivity index (χ4v) is 1.63. The van der Waals surface area contributed by atoms with Gasteiger partial charge >= 0.3 is 0 Å². The summed E-state index contributed by atoms with van der Waals surface area (Å²) in [5.41, 5.74) is 7.29. The monoisotopic (exact) mass is 250 g/mol. The zero-order valence-electron chi connectivity index (χ0n) is 11.1. The Kier molecular flexibility index (Phi) is 6.39. The molecular weight excluding hydrogens is 228 g/mol. The Morgan fingerprint density at radius 1 is 1.39 bits per heavy atom. The Hall–Kier alpha value is -1.39. The van der Waals surface area contributed by atoms with E-state index in [-0.39, 0.29) is 11.9 Å². The highest BCUT2D eigenvalue weighted by Crippen LogP contribution is 2.05. The predicted octanol–water partition coefficient (Wildman–Crippen LogP) is 1.34. The quantitative estimate of drug-likeness (QED) is 0.767. The molecule has 0 aliphatic rings. The van der Waals surface area contributed by atoms with E-state index in [4.69, 9.17) is 10.5 Å². The number of carbonyl (C=O) groups excluding carboxylic acids is 1. The van der Waals surface area contributed by atoms with Gasteiger partial charge in [0.1, 0.15) is 0 Å². The van der Waals surface area contributed by atoms with Crippen molar-refractivity contribution in [2.45, 2.75) is 26.3 Å². The first-order valence-corrected chi connectivity index (χ1v) is 6.35. The molecule has 4 heteroatoms. The van der Waals surface area contributed by atoms with Gasteiger partial charge in [-0.05, 0) is 44.5 Å². The summed E-state index contributed by atoms with van der Waals surface area (Å²) >= 11 is 0. The molecule has 0 aromatic heterocycles. The van der Waals surface area contributed by atoms with E-state index in [0.717, 1.165) is 12.0 Å². The molecule has 1 unspecified atom stereocenters. The molecule has 18 heavy (non-hydrogen) atoms. The van der Waals surface area contributed by atoms with Crippen molar-refractivity contribution in [3.05, 3.63) is 35.4 Å². The van der Waals surface area contributed by atoms with Gasteiger partial charge in [-0.3, -0.25) is 4.79 Å². The van der Waals surface area contributed by atoms with Crippen molar-refractivity contribution < 1.29 is 9.53 Å². The van der Waals surface area contributed by atoms with E-state index in [1.165, 1.54) is 0 Å². The maximum Gasteiger partial charge on any atom is 0.251 e. The number of rotatable bonds is 7. The van der Waals surface area contributed by atoms with Gasteiger partial charge in [0.2, 0.25) is 0 Å². The summed E-state index contributed by atoms with van der Waals surface area (Å²) in [6.07, 6.45) is 0.836. The summed E-state index contributed by atoms with van der Waals surface area (Å²) in [4.78, 5) is 11.9. The van der Waals surface area contributed by atoms with Crippen molar-refractivity contribution in [1.82, 2.24) is 5.32 Å². The van der Waals surface area contributed by atoms with Gasteiger partial charge in [-0.1, -0.05) is 12.1 Å². The first-order chi connectivity index (χ1) is 8.67. The maximum atomic E-state index is 11.9. The summed E-state index contributed by atoms with van der Waals surface area (Å²) in [7, 11) is 0. The van der Waals surface area contributed by atoms with Gasteiger partial charge in [-0.15, -0.1) is 0 Å². The minimum Gasteiger partial charge on any atom is -0.380 e. The van der Waals surface area contributed by atoms with Crippen LogP contribution < -0.4 is 11.1 Å². The third-order valence-corrected chi connectivity index (χ3v) is 2.60. The van der Waals surface area contributed by atoms with Gasteiger partial charge in [0, 0.05) is 18.2 Å². The minimum atomic E-state index is -0.0681. The number of carbonyl (C=O) groups is 1. The predicted molar refractivity (Wildman–Crippen MR) is 72.6 cm³/mol. The highest BCUT2D eigenvalue weighted by atomic mass is 16.5. The van der Waals surface area contributed by atoms with Crippen molar-refractivity contribution in [3.8, 4) is 0 Å². The van der Waals surface area contributed by atoms with Crippen molar-refractivity contribution in [2.75, 3.05) is 19.8 Å². The second-order valence-electron chi connectivity index (χ2n) is 4.27. The van der Waals surface area contributed by atoms with Crippen LogP contribution in [0, 0.1) is 0 Å². The molecular formula is C14H22N2O2. The molecule has 1 amide bonds. The van der Waals surface area contributed by atoms with E-state index in [9.17, 15) is 4.79 Å². The Labute approximate surface area is 109 Å². The number of nitrogens with one attached hydrogen (secondary N) is 1. The molecule has 1 atom stereocenters. The summed E-state index contributed by atoms with van der Waals surface area (Å²) in [5.74, 6) is -0.0681. The second kappa shape index (κ2) is 7.84. The van der Waals surface area contributed by atoms with Crippen molar-refractivity contribution in [3.63, 3.8) is 0 Å². The third kappa shape index (κ3) is 4.85. The number of amides is 1. The van der Waals surface area contributed by atoms with Crippen molar-refractivity contribution >= 4 is 5.91 Å². The number of nitrogens with two attached hydrogens (primary N) is 1. The van der Waals surface area contributed by atoms with Gasteiger partial charge in [0.05, 0.1) is 6.61 Å². The van der Waals surface area contributed by atoms with Crippen LogP contribution in [-0.4, -0.2) is 31.7 Å². The molecule has 3 N–H and O–H groups in total. The van der Waals surface area contributed by atoms with Crippen molar-refractivity contribution in [2.24, 2.45) is 5.73 Å². The van der Waals surface area contributed by atoms with E-state index < -0.39 is 0 Å². The fourth-order valence-electron chi connectivity index (χ4n) is 1.63. The molecule has 1 rings (SSSR count). The highest BCUT2D eigenvalue weighted by Gasteiger charge is 2.09. The molecule has 0 radical (unpaired) electrons. The van der Waals surface area contributed by atoms with Crippen LogP contribution in [0.3, 0.4) is 0 Å². The van der Waals surface area contributed by atoms with E-state index in [1.807, 2.05) is 38.1 Å². The summed E-state index contributed by atoms with van der Waals surface area (Å²) in [5, 5.41) is 2.89. The number of hydrogen-bond donors (Lipinski definition) is 2. The zero-order valence-corrected chi connectivity index (χ0v) is 11.1. The minimum absolute atomic E-state index is 0.0150. The van der Waals surface area contributed by atoms with Gasteiger partial charge in [0.25, 0.3) is 5.91 Å². The van der Waals surface area contributed by atoms with Crippen LogP contribution >= 0.6 is 0 Å². The molecule has 0 saturated heterocycles. The first kappa shape index (κ1) is 14.7. The molecule has 0 aliphatic carbocycles. The van der Waals surface area contributed by atoms with Gasteiger partial charge in [-0.25, -0.2) is 0 Å². The fraction of sp³-hybridized carbons (Fsp3) is 0.500. The lowest BCUT2D eigenvalue weighted by molar-refractivity contribution is 0.0872. The molecule has 0 bridgehead atoms. The molecule has 0 spiro atoms. The lowest BCUT2D eigenvalue weighted by Gasteiger charge is -2.13. The van der Waals surface area contributed by atoms with Gasteiger partial charge in [0.15, 0.2) is 0 Å². The van der Waals surface area contributed by atoms with E-state index in [1.54, 1.807) is 0 Å². The molecule has 0 heterocycles. The number of hydrogen-bond acceptors (Lipinski definition) is 3. The standard InChI is InChI=1S/C14H22N2O2/c1-3-18-10-11(2)16-14(17)13-6-4-12(5-7-13)8-9-15/h4-7,11H,3,8-10,15H2,1-2H3,(H,16,17). The van der Waals surface area contributed by atoms with E-state index in [2.05, 4.69) is 5.32 Å². The average Bonchev–Trinajstić information content (AvgIpc) is 2.37. The van der Waals surface area contributed by atoms with Crippen LogP contribution in [0.2, 0.25) is 0 Å². The summed E-state index contributed by atoms with van der Waals surface area (Å²) < 4.78 is 5.25. The molecule has 0 aliphatic heterocycles. The van der Waals surface area contributed by atoms with Crippen LogP contribution in [-0.2, 0) is 11.2 Å². The maximum absolute atomic E-state index is 11.9. The Morgan fingerprint density at radius 3 is 2.61 bits per heavy atom. The average molecular weight is 250 g/mol. The molecule has 0 saturated carbocycles. The molecule has 4 nitrogen and oxygen atoms in total. The number of benzene rings is 1. The lowest BCUT2D eigenvalue weighted by atomic mass is 10.1. The van der Waals surface area contributed by atoms with Crippen LogP contribution in [0.15, 0.2) is 24.3 Å². The Bertz CT molecular complexity index is 363. The van der Waals surface area contributed by atoms with Crippen LogP contribution in [0.5, 0.6) is 0 Å². The van der Waals surface area contributed by atoms with Crippen molar-refractivity contribution in [1.29, 1.82) is 0 Å². The molecule has 1 aromatic rings. The molecule has 0 fully saturated rings. The van der Waals surface area contributed by atoms with Gasteiger partial charge < -0.3 is 15.8 Å². The van der Waals surface area contributed by atoms with Crippen LogP contribution in [0.1, 0.15) is 29.8 Å². The summed E-state index contributed by atoms with van der Waals surface area (Å²) in [6, 6.07) is 7.55. The van der Waals surface area contributed by atoms with E-state index >= 15 is 0 Å². The van der Waals surface area contributed by atoms with Crippen LogP contribution in [0.4, 0.5) is 0 Å². The SMILES string of the molecule is CCOCC(C)NC(=O)c1ccc(CCN)cc1. The highest BCUT2D eigenvalue weighted by molar-refractivity contribution is 5.94. The first-order valence-electron chi connectivity index (χ1n) is 6.35. The van der Waals surface area contributed by atoms with Crippen LogP contribution in [0.25, 0.3) is 0 Å². The summed E-state index contributed by atoms with van der Waals surface area (Å²) in [6.45, 7) is 5.68. The normalized spacial score (nSPS) is 12.2. The smallest absolute Gasteiger partial charge is 0.251 e. The number of ether oxygens (including phenoxy) is 1.